The molecule has 0 bridgehead atoms. The van der Waals surface area contributed by atoms with E-state index in [0.717, 1.165) is 38.8 Å². The molecular weight excluding hydrogens is 232 g/mol. The van der Waals surface area contributed by atoms with Crippen LogP contribution in [0.5, 0.6) is 0 Å². The molecule has 5 heteroatoms. The van der Waals surface area contributed by atoms with E-state index in [1.54, 1.807) is 0 Å². The van der Waals surface area contributed by atoms with Crippen molar-refractivity contribution in [2.75, 3.05) is 19.6 Å². The summed E-state index contributed by atoms with van der Waals surface area (Å²) in [6.45, 7) is 3.71. The molecule has 0 aromatic carbocycles. The Morgan fingerprint density at radius 1 is 1.28 bits per heavy atom. The zero-order valence-electron chi connectivity index (χ0n) is 11.0. The lowest BCUT2D eigenvalue weighted by atomic mass is 10.0. The molecule has 1 saturated heterocycles. The number of amides is 1. The predicted octanol–water partition coefficient (Wildman–Crippen LogP) is 0.936. The summed E-state index contributed by atoms with van der Waals surface area (Å²) in [4.78, 5) is 27.1. The first-order valence-corrected chi connectivity index (χ1v) is 6.89. The van der Waals surface area contributed by atoms with Gasteiger partial charge in [0.25, 0.3) is 0 Å². The Morgan fingerprint density at radius 2 is 2.00 bits per heavy atom. The molecule has 1 heterocycles. The summed E-state index contributed by atoms with van der Waals surface area (Å²) in [6.07, 6.45) is 4.80. The van der Waals surface area contributed by atoms with Crippen molar-refractivity contribution in [1.29, 1.82) is 0 Å². The van der Waals surface area contributed by atoms with Gasteiger partial charge in [0.05, 0.1) is 6.54 Å². The molecule has 18 heavy (non-hydrogen) atoms. The van der Waals surface area contributed by atoms with E-state index in [4.69, 9.17) is 0 Å². The summed E-state index contributed by atoms with van der Waals surface area (Å²) in [5.41, 5.74) is 0. The molecule has 2 rings (SSSR count). The van der Waals surface area contributed by atoms with Crippen LogP contribution in [0, 0.1) is 0 Å². The first-order chi connectivity index (χ1) is 8.63. The van der Waals surface area contributed by atoms with Gasteiger partial charge in [-0.1, -0.05) is 6.42 Å². The molecule has 102 valence electrons. The third kappa shape index (κ3) is 3.02. The number of likely N-dealkylation sites (tertiary alicyclic amines) is 1. The van der Waals surface area contributed by atoms with Crippen LogP contribution in [-0.4, -0.2) is 58.5 Å². The highest BCUT2D eigenvalue weighted by Gasteiger charge is 2.35. The van der Waals surface area contributed by atoms with Crippen molar-refractivity contribution >= 4 is 11.9 Å². The van der Waals surface area contributed by atoms with E-state index < -0.39 is 12.0 Å². The average molecular weight is 254 g/mol. The highest BCUT2D eigenvalue weighted by Crippen LogP contribution is 2.27. The van der Waals surface area contributed by atoms with E-state index in [1.807, 2.05) is 16.7 Å². The maximum Gasteiger partial charge on any atom is 0.320 e. The average Bonchev–Trinajstić information content (AvgIpc) is 3.15. The third-order valence-corrected chi connectivity index (χ3v) is 3.89. The molecule has 2 aliphatic rings. The van der Waals surface area contributed by atoms with Crippen LogP contribution in [0.2, 0.25) is 0 Å². The normalized spacial score (nSPS) is 24.8. The SMILES string of the molecule is CCN(C(=O)CN1CCCC[C@@H]1C(=O)O)C1CC1. The lowest BCUT2D eigenvalue weighted by Gasteiger charge is -2.33. The second-order valence-corrected chi connectivity index (χ2v) is 5.23. The number of hydrogen-bond donors (Lipinski definition) is 1. The highest BCUT2D eigenvalue weighted by atomic mass is 16.4. The summed E-state index contributed by atoms with van der Waals surface area (Å²) in [5, 5.41) is 9.17. The zero-order chi connectivity index (χ0) is 13.1. The van der Waals surface area contributed by atoms with Crippen molar-refractivity contribution in [2.24, 2.45) is 0 Å². The summed E-state index contributed by atoms with van der Waals surface area (Å²) in [5.74, 6) is -0.704. The maximum absolute atomic E-state index is 12.2. The van der Waals surface area contributed by atoms with Crippen LogP contribution in [0.3, 0.4) is 0 Å². The van der Waals surface area contributed by atoms with Gasteiger partial charge in [-0.2, -0.15) is 0 Å². The Morgan fingerprint density at radius 3 is 2.56 bits per heavy atom. The summed E-state index contributed by atoms with van der Waals surface area (Å²) < 4.78 is 0. The second-order valence-electron chi connectivity index (χ2n) is 5.23. The first kappa shape index (κ1) is 13.3. The lowest BCUT2D eigenvalue weighted by molar-refractivity contribution is -0.146. The van der Waals surface area contributed by atoms with E-state index in [2.05, 4.69) is 0 Å². The van der Waals surface area contributed by atoms with Gasteiger partial charge in [-0.25, -0.2) is 0 Å². The molecule has 1 saturated carbocycles. The van der Waals surface area contributed by atoms with Gasteiger partial charge >= 0.3 is 5.97 Å². The van der Waals surface area contributed by atoms with Crippen LogP contribution < -0.4 is 0 Å². The number of carboxylic acids is 1. The van der Waals surface area contributed by atoms with Crippen LogP contribution in [0.1, 0.15) is 39.0 Å². The van der Waals surface area contributed by atoms with E-state index in [9.17, 15) is 14.7 Å². The molecule has 0 aromatic rings. The minimum Gasteiger partial charge on any atom is -0.480 e. The van der Waals surface area contributed by atoms with Crippen molar-refractivity contribution in [2.45, 2.75) is 51.1 Å². The molecule has 1 aliphatic heterocycles. The molecule has 1 N–H and O–H groups in total. The molecule has 0 aromatic heterocycles. The number of piperidine rings is 1. The quantitative estimate of drug-likeness (QED) is 0.793. The number of nitrogens with zero attached hydrogens (tertiary/aromatic N) is 2. The molecule has 1 aliphatic carbocycles. The second kappa shape index (κ2) is 5.69. The van der Waals surface area contributed by atoms with E-state index >= 15 is 0 Å². The number of likely N-dealkylation sites (N-methyl/N-ethyl adjacent to an activating group) is 1. The third-order valence-electron chi connectivity index (χ3n) is 3.89. The lowest BCUT2D eigenvalue weighted by Crippen LogP contribution is -2.50. The van der Waals surface area contributed by atoms with Crippen molar-refractivity contribution < 1.29 is 14.7 Å². The number of aliphatic carboxylic acids is 1. The Kier molecular flexibility index (Phi) is 4.22. The number of hydrogen-bond acceptors (Lipinski definition) is 3. The van der Waals surface area contributed by atoms with Gasteiger partial charge in [-0.3, -0.25) is 14.5 Å². The van der Waals surface area contributed by atoms with Gasteiger partial charge < -0.3 is 10.0 Å². The Bertz CT molecular complexity index is 328. The van der Waals surface area contributed by atoms with E-state index in [1.165, 1.54) is 0 Å². The van der Waals surface area contributed by atoms with Gasteiger partial charge in [-0.05, 0) is 39.2 Å². The smallest absolute Gasteiger partial charge is 0.320 e. The topological polar surface area (TPSA) is 60.9 Å². The number of carboxylic acid groups (broad SMARTS) is 1. The molecular formula is C13H22N2O3. The Labute approximate surface area is 108 Å². The minimum atomic E-state index is -0.794. The number of carbonyl (C=O) groups excluding carboxylic acids is 1. The van der Waals surface area contributed by atoms with Crippen molar-refractivity contribution in [3.8, 4) is 0 Å². The standard InChI is InChI=1S/C13H22N2O3/c1-2-15(10-6-7-10)12(16)9-14-8-4-3-5-11(14)13(17)18/h10-11H,2-9H2,1H3,(H,17,18)/t11-/m1/s1. The molecule has 5 nitrogen and oxygen atoms in total. The summed E-state index contributed by atoms with van der Waals surface area (Å²) >= 11 is 0. The van der Waals surface area contributed by atoms with Crippen LogP contribution in [0.25, 0.3) is 0 Å². The fourth-order valence-electron chi connectivity index (χ4n) is 2.75. The maximum atomic E-state index is 12.2. The Balaban J connectivity index is 1.93. The fraction of sp³-hybridized carbons (Fsp3) is 0.846. The molecule has 1 atom stereocenters. The number of carbonyl (C=O) groups is 2. The molecule has 0 radical (unpaired) electrons. The zero-order valence-corrected chi connectivity index (χ0v) is 11.0. The van der Waals surface area contributed by atoms with Crippen molar-refractivity contribution in [1.82, 2.24) is 9.80 Å². The summed E-state index contributed by atoms with van der Waals surface area (Å²) in [6, 6.07) is -0.0591. The molecule has 2 fully saturated rings. The molecule has 0 unspecified atom stereocenters. The van der Waals surface area contributed by atoms with Crippen LogP contribution in [0.4, 0.5) is 0 Å². The number of rotatable bonds is 5. The van der Waals surface area contributed by atoms with Gasteiger partial charge in [-0.15, -0.1) is 0 Å². The first-order valence-electron chi connectivity index (χ1n) is 6.89. The van der Waals surface area contributed by atoms with Gasteiger partial charge in [0, 0.05) is 12.6 Å². The van der Waals surface area contributed by atoms with E-state index in [-0.39, 0.29) is 12.5 Å². The Hall–Kier alpha value is -1.10. The monoisotopic (exact) mass is 254 g/mol. The predicted molar refractivity (Wildman–Crippen MR) is 67.3 cm³/mol. The molecule has 1 amide bonds. The van der Waals surface area contributed by atoms with Crippen molar-refractivity contribution in [3.63, 3.8) is 0 Å². The van der Waals surface area contributed by atoms with Gasteiger partial charge in [0.2, 0.25) is 5.91 Å². The highest BCUT2D eigenvalue weighted by molar-refractivity contribution is 5.80. The van der Waals surface area contributed by atoms with Gasteiger partial charge in [0.1, 0.15) is 6.04 Å². The fourth-order valence-corrected chi connectivity index (χ4v) is 2.75. The van der Waals surface area contributed by atoms with Crippen LogP contribution in [-0.2, 0) is 9.59 Å². The van der Waals surface area contributed by atoms with Crippen LogP contribution in [0.15, 0.2) is 0 Å². The van der Waals surface area contributed by atoms with E-state index in [0.29, 0.717) is 12.5 Å². The largest absolute Gasteiger partial charge is 0.480 e. The molecule has 0 spiro atoms. The van der Waals surface area contributed by atoms with Crippen LogP contribution >= 0.6 is 0 Å². The minimum absolute atomic E-state index is 0.0909. The van der Waals surface area contributed by atoms with Crippen molar-refractivity contribution in [3.05, 3.63) is 0 Å². The summed E-state index contributed by atoms with van der Waals surface area (Å²) in [7, 11) is 0. The van der Waals surface area contributed by atoms with Gasteiger partial charge in [0.15, 0.2) is 0 Å².